The van der Waals surface area contributed by atoms with Crippen LogP contribution in [0, 0.1) is 0 Å². The van der Waals surface area contributed by atoms with Crippen molar-refractivity contribution in [3.05, 3.63) is 60.2 Å². The predicted molar refractivity (Wildman–Crippen MR) is 110 cm³/mol. The van der Waals surface area contributed by atoms with E-state index >= 15 is 0 Å². The van der Waals surface area contributed by atoms with Crippen molar-refractivity contribution in [2.45, 2.75) is 13.5 Å². The highest BCUT2D eigenvalue weighted by Crippen LogP contribution is 2.28. The largest absolute Gasteiger partial charge is 0.496 e. The summed E-state index contributed by atoms with van der Waals surface area (Å²) in [5.41, 5.74) is 4.13. The van der Waals surface area contributed by atoms with Crippen molar-refractivity contribution >= 4 is 28.6 Å². The van der Waals surface area contributed by atoms with Crippen LogP contribution in [0.1, 0.15) is 12.5 Å². The zero-order valence-corrected chi connectivity index (χ0v) is 16.4. The van der Waals surface area contributed by atoms with Gasteiger partial charge in [0.2, 0.25) is 5.96 Å². The van der Waals surface area contributed by atoms with Crippen molar-refractivity contribution in [3.63, 3.8) is 0 Å². The monoisotopic (exact) mass is 394 g/mol. The molecule has 2 N–H and O–H groups in total. The van der Waals surface area contributed by atoms with Gasteiger partial charge in [-0.15, -0.1) is 0 Å². The maximum atomic E-state index is 11.2. The summed E-state index contributed by atoms with van der Waals surface area (Å²) in [5.74, 6) is 1.50. The van der Waals surface area contributed by atoms with Gasteiger partial charge in [-0.1, -0.05) is 24.3 Å². The van der Waals surface area contributed by atoms with Crippen LogP contribution in [0.25, 0.3) is 10.9 Å². The van der Waals surface area contributed by atoms with Crippen molar-refractivity contribution in [2.24, 2.45) is 4.99 Å². The fourth-order valence-corrected chi connectivity index (χ4v) is 2.73. The topological polar surface area (TPSA) is 94.1 Å². The zero-order valence-electron chi connectivity index (χ0n) is 16.4. The Morgan fingerprint density at radius 1 is 1.00 bits per heavy atom. The van der Waals surface area contributed by atoms with E-state index in [1.807, 2.05) is 48.5 Å². The number of aromatic nitrogens is 1. The number of carbonyl (C=O) groups excluding carboxylic acids is 1. The Bertz CT molecular complexity index is 1010. The van der Waals surface area contributed by atoms with Gasteiger partial charge < -0.3 is 19.6 Å². The number of ether oxygens (including phenoxy) is 2. The third kappa shape index (κ3) is 5.13. The summed E-state index contributed by atoms with van der Waals surface area (Å²) in [4.78, 5) is 25.1. The normalized spacial score (nSPS) is 11.1. The number of nitrogens with zero attached hydrogens (tertiary/aromatic N) is 2. The van der Waals surface area contributed by atoms with Gasteiger partial charge in [-0.3, -0.25) is 4.79 Å². The maximum Gasteiger partial charge on any atom is 0.329 e. The van der Waals surface area contributed by atoms with Crippen molar-refractivity contribution in [2.75, 3.05) is 14.2 Å². The lowest BCUT2D eigenvalue weighted by Gasteiger charge is -2.15. The summed E-state index contributed by atoms with van der Waals surface area (Å²) >= 11 is 0. The summed E-state index contributed by atoms with van der Waals surface area (Å²) in [6.07, 6.45) is 0. The molecule has 8 heteroatoms. The Balaban J connectivity index is 1.87. The first-order valence-corrected chi connectivity index (χ1v) is 8.92. The molecule has 0 amide bonds. The van der Waals surface area contributed by atoms with Gasteiger partial charge in [0.1, 0.15) is 11.5 Å². The van der Waals surface area contributed by atoms with E-state index < -0.39 is 5.97 Å². The lowest BCUT2D eigenvalue weighted by Crippen LogP contribution is -2.37. The van der Waals surface area contributed by atoms with Crippen LogP contribution in [0.15, 0.2) is 59.6 Å². The fourth-order valence-electron chi connectivity index (χ4n) is 2.73. The Morgan fingerprint density at radius 3 is 2.41 bits per heavy atom. The van der Waals surface area contributed by atoms with Crippen molar-refractivity contribution in [3.8, 4) is 11.5 Å². The van der Waals surface area contributed by atoms with Crippen LogP contribution in [-0.4, -0.2) is 31.1 Å². The maximum absolute atomic E-state index is 11.2. The van der Waals surface area contributed by atoms with Gasteiger partial charge >= 0.3 is 5.97 Å². The summed E-state index contributed by atoms with van der Waals surface area (Å²) in [6, 6.07) is 16.9. The van der Waals surface area contributed by atoms with E-state index in [-0.39, 0.29) is 5.96 Å². The average Bonchev–Trinajstić information content (AvgIpc) is 2.75. The Morgan fingerprint density at radius 2 is 1.72 bits per heavy atom. The SMILES string of the molecule is COc1cccc(OC)c1CNC(=Nc1ccc2ccccc2n1)NOC(C)=O. The number of nitrogens with one attached hydrogen (secondary N) is 2. The molecule has 3 rings (SSSR count). The first-order chi connectivity index (χ1) is 14.1. The number of hydrogen-bond donors (Lipinski definition) is 2. The minimum Gasteiger partial charge on any atom is -0.496 e. The van der Waals surface area contributed by atoms with Gasteiger partial charge in [0.25, 0.3) is 0 Å². The molecule has 8 nitrogen and oxygen atoms in total. The van der Waals surface area contributed by atoms with Gasteiger partial charge in [0, 0.05) is 12.3 Å². The molecule has 1 heterocycles. The highest BCUT2D eigenvalue weighted by atomic mass is 16.7. The number of hydrogen-bond acceptors (Lipinski definition) is 6. The molecule has 0 saturated carbocycles. The summed E-state index contributed by atoms with van der Waals surface area (Å²) in [5, 5.41) is 4.11. The molecule has 0 saturated heterocycles. The smallest absolute Gasteiger partial charge is 0.329 e. The lowest BCUT2D eigenvalue weighted by atomic mass is 10.1. The minimum absolute atomic E-state index is 0.218. The molecule has 0 spiro atoms. The molecular formula is C21H22N4O4. The molecule has 29 heavy (non-hydrogen) atoms. The third-order valence-electron chi connectivity index (χ3n) is 4.06. The van der Waals surface area contributed by atoms with Crippen LogP contribution in [0.4, 0.5) is 5.82 Å². The quantitative estimate of drug-likeness (QED) is 0.390. The van der Waals surface area contributed by atoms with Crippen molar-refractivity contribution in [1.29, 1.82) is 0 Å². The molecule has 3 aromatic rings. The van der Waals surface area contributed by atoms with E-state index in [4.69, 9.17) is 14.3 Å². The van der Waals surface area contributed by atoms with Gasteiger partial charge in [0.05, 0.1) is 31.8 Å². The number of para-hydroxylation sites is 1. The van der Waals surface area contributed by atoms with Crippen LogP contribution in [-0.2, 0) is 16.2 Å². The van der Waals surface area contributed by atoms with Crippen LogP contribution in [0.5, 0.6) is 11.5 Å². The second-order valence-corrected chi connectivity index (χ2v) is 6.01. The van der Waals surface area contributed by atoms with E-state index in [0.717, 1.165) is 16.5 Å². The molecule has 0 bridgehead atoms. The number of guanidine groups is 1. The molecule has 0 fully saturated rings. The molecule has 2 aromatic carbocycles. The van der Waals surface area contributed by atoms with Crippen LogP contribution in [0.3, 0.4) is 0 Å². The molecule has 0 atom stereocenters. The van der Waals surface area contributed by atoms with Crippen molar-refractivity contribution < 1.29 is 19.1 Å². The Hall–Kier alpha value is -3.81. The standard InChI is InChI=1S/C21H22N4O4/c1-14(26)29-25-21(22-13-16-18(27-2)9-6-10-19(16)28-3)24-20-12-11-15-7-4-5-8-17(15)23-20/h4-12H,13H2,1-3H3,(H2,22,23,24,25). The third-order valence-corrected chi connectivity index (χ3v) is 4.06. The number of rotatable bonds is 5. The number of carbonyl (C=O) groups is 1. The lowest BCUT2D eigenvalue weighted by molar-refractivity contribution is -0.145. The Kier molecular flexibility index (Phi) is 6.47. The Labute approximate surface area is 168 Å². The van der Waals surface area contributed by atoms with Gasteiger partial charge in [0.15, 0.2) is 5.82 Å². The summed E-state index contributed by atoms with van der Waals surface area (Å²) < 4.78 is 10.8. The van der Waals surface area contributed by atoms with E-state index in [1.165, 1.54) is 6.92 Å². The number of hydroxylamine groups is 1. The highest BCUT2D eigenvalue weighted by Gasteiger charge is 2.11. The molecular weight excluding hydrogens is 372 g/mol. The van der Waals surface area contributed by atoms with E-state index in [1.54, 1.807) is 20.3 Å². The van der Waals surface area contributed by atoms with E-state index in [9.17, 15) is 4.79 Å². The van der Waals surface area contributed by atoms with E-state index in [2.05, 4.69) is 20.8 Å². The summed E-state index contributed by atoms with van der Waals surface area (Å²) in [7, 11) is 3.17. The number of aliphatic imine (C=N–C) groups is 1. The highest BCUT2D eigenvalue weighted by molar-refractivity contribution is 5.84. The average molecular weight is 394 g/mol. The number of pyridine rings is 1. The van der Waals surface area contributed by atoms with Gasteiger partial charge in [-0.25, -0.2) is 4.98 Å². The van der Waals surface area contributed by atoms with Crippen LogP contribution in [0.2, 0.25) is 0 Å². The van der Waals surface area contributed by atoms with E-state index in [0.29, 0.717) is 23.9 Å². The second-order valence-electron chi connectivity index (χ2n) is 6.01. The number of fused-ring (bicyclic) bond motifs is 1. The molecule has 0 aliphatic heterocycles. The molecule has 1 aromatic heterocycles. The first-order valence-electron chi connectivity index (χ1n) is 8.92. The molecule has 0 aliphatic carbocycles. The fraction of sp³-hybridized carbons (Fsp3) is 0.190. The van der Waals surface area contributed by atoms with Gasteiger partial charge in [-0.05, 0) is 30.3 Å². The first kappa shape index (κ1) is 19.9. The van der Waals surface area contributed by atoms with Crippen LogP contribution >= 0.6 is 0 Å². The van der Waals surface area contributed by atoms with Crippen LogP contribution < -0.4 is 20.3 Å². The van der Waals surface area contributed by atoms with Gasteiger partial charge in [-0.2, -0.15) is 10.5 Å². The number of benzene rings is 2. The zero-order chi connectivity index (χ0) is 20.6. The predicted octanol–water partition coefficient (Wildman–Crippen LogP) is 3.10. The minimum atomic E-state index is -0.499. The molecule has 0 unspecified atom stereocenters. The molecule has 0 aliphatic rings. The molecule has 150 valence electrons. The van der Waals surface area contributed by atoms with Crippen molar-refractivity contribution in [1.82, 2.24) is 15.8 Å². The number of methoxy groups -OCH3 is 2. The summed E-state index contributed by atoms with van der Waals surface area (Å²) in [6.45, 7) is 1.61. The molecule has 0 radical (unpaired) electrons. The second kappa shape index (κ2) is 9.41.